The molecule has 4 aromatic rings. The van der Waals surface area contributed by atoms with Gasteiger partial charge in [0.1, 0.15) is 60.3 Å². The maximum Gasteiger partial charge on any atom is 0.337 e. The van der Waals surface area contributed by atoms with Crippen molar-refractivity contribution in [2.24, 2.45) is 0 Å². The summed E-state index contributed by atoms with van der Waals surface area (Å²) >= 11 is 0. The molecule has 0 amide bonds. The van der Waals surface area contributed by atoms with Gasteiger partial charge in [0.15, 0.2) is 11.2 Å². The van der Waals surface area contributed by atoms with Gasteiger partial charge in [-0.3, -0.25) is 0 Å². The van der Waals surface area contributed by atoms with Crippen molar-refractivity contribution in [3.63, 3.8) is 0 Å². The normalized spacial score (nSPS) is 29.0. The van der Waals surface area contributed by atoms with E-state index in [1.165, 1.54) is 21.3 Å². The average Bonchev–Trinajstić information content (AvgIpc) is 4.17. The van der Waals surface area contributed by atoms with Crippen molar-refractivity contribution >= 4 is 23.9 Å². The van der Waals surface area contributed by atoms with Gasteiger partial charge in [-0.15, -0.1) is 0 Å². The van der Waals surface area contributed by atoms with Gasteiger partial charge in [0.25, 0.3) is 0 Å². The van der Waals surface area contributed by atoms with Crippen LogP contribution in [0.25, 0.3) is 0 Å². The van der Waals surface area contributed by atoms with E-state index in [0.29, 0.717) is 24.3 Å². The molecule has 10 unspecified atom stereocenters. The third-order valence-electron chi connectivity index (χ3n) is 12.0. The van der Waals surface area contributed by atoms with Gasteiger partial charge in [-0.2, -0.15) is 0 Å². The zero-order valence-electron chi connectivity index (χ0n) is 33.3. The maximum atomic E-state index is 12.9. The SMILES string of the molecule is COC(=O)C1=C(C(=O)O)C2OC1(C(Cc1ccccc1)Oc1ccccc1)C1OC21.COC(=O)C1=C(C(=O)OC)C2(C(Cc3ccccc3)Oc3ccccc3)OC1C1OC12. The first kappa shape index (κ1) is 40.1. The van der Waals surface area contributed by atoms with Crippen molar-refractivity contribution in [2.45, 2.75) is 72.9 Å². The van der Waals surface area contributed by atoms with Gasteiger partial charge in [0.2, 0.25) is 0 Å². The number of carboxylic acid groups (broad SMARTS) is 1. The van der Waals surface area contributed by atoms with Crippen molar-refractivity contribution < 1.29 is 66.9 Å². The Balaban J connectivity index is 0.000000156. The predicted octanol–water partition coefficient (Wildman–Crippen LogP) is 4.39. The lowest BCUT2D eigenvalue weighted by Crippen LogP contribution is -2.54. The highest BCUT2D eigenvalue weighted by Crippen LogP contribution is 2.62. The number of para-hydroxylation sites is 2. The summed E-state index contributed by atoms with van der Waals surface area (Å²) in [5.74, 6) is -2.01. The minimum Gasteiger partial charge on any atom is -0.487 e. The molecule has 4 fully saturated rings. The average molecular weight is 831 g/mol. The second-order valence-corrected chi connectivity index (χ2v) is 15.3. The monoisotopic (exact) mass is 830 g/mol. The molecule has 314 valence electrons. The summed E-state index contributed by atoms with van der Waals surface area (Å²) in [6.07, 6.45) is -3.62. The summed E-state index contributed by atoms with van der Waals surface area (Å²) in [6, 6.07) is 37.9. The van der Waals surface area contributed by atoms with E-state index >= 15 is 0 Å². The van der Waals surface area contributed by atoms with Crippen molar-refractivity contribution in [1.29, 1.82) is 0 Å². The molecule has 6 aliphatic heterocycles. The third kappa shape index (κ3) is 6.76. The molecule has 4 saturated heterocycles. The minimum absolute atomic E-state index is 0.0156. The lowest BCUT2D eigenvalue weighted by molar-refractivity contribution is -0.145. The number of carboxylic acids is 1. The van der Waals surface area contributed by atoms with Gasteiger partial charge in [-0.25, -0.2) is 19.2 Å². The van der Waals surface area contributed by atoms with Crippen LogP contribution in [0.5, 0.6) is 11.5 Å². The van der Waals surface area contributed by atoms with Gasteiger partial charge < -0.3 is 47.7 Å². The summed E-state index contributed by atoms with van der Waals surface area (Å²) in [5, 5.41) is 9.82. The molecule has 1 N–H and O–H groups in total. The van der Waals surface area contributed by atoms with E-state index in [-0.39, 0.29) is 28.4 Å². The molecule has 4 aromatic carbocycles. The molecule has 10 atom stereocenters. The van der Waals surface area contributed by atoms with Crippen LogP contribution in [0.3, 0.4) is 0 Å². The molecule has 10 rings (SSSR count). The number of epoxide rings is 2. The molecular formula is C47H42O14. The second kappa shape index (κ2) is 15.9. The summed E-state index contributed by atoms with van der Waals surface area (Å²) < 4.78 is 52.0. The number of esters is 3. The topological polar surface area (TPSA) is 178 Å². The Kier molecular flexibility index (Phi) is 10.5. The number of benzene rings is 4. The smallest absolute Gasteiger partial charge is 0.337 e. The van der Waals surface area contributed by atoms with Crippen LogP contribution in [-0.2, 0) is 65.2 Å². The molecule has 4 bridgehead atoms. The van der Waals surface area contributed by atoms with E-state index in [2.05, 4.69) is 0 Å². The number of carbonyl (C=O) groups is 4. The molecule has 6 heterocycles. The van der Waals surface area contributed by atoms with Crippen LogP contribution in [0.1, 0.15) is 11.1 Å². The highest BCUT2D eigenvalue weighted by molar-refractivity contribution is 6.05. The number of fused-ring (bicyclic) bond motifs is 10. The summed E-state index contributed by atoms with van der Waals surface area (Å²) in [6.45, 7) is 0. The highest BCUT2D eigenvalue weighted by Gasteiger charge is 2.80. The first-order valence-corrected chi connectivity index (χ1v) is 19.8. The molecule has 14 heteroatoms. The Morgan fingerprint density at radius 1 is 0.541 bits per heavy atom. The van der Waals surface area contributed by atoms with Gasteiger partial charge in [0, 0.05) is 12.8 Å². The maximum absolute atomic E-state index is 12.9. The molecule has 0 radical (unpaired) electrons. The predicted molar refractivity (Wildman–Crippen MR) is 212 cm³/mol. The number of rotatable bonds is 14. The Morgan fingerprint density at radius 3 is 1.28 bits per heavy atom. The number of ether oxygens (including phenoxy) is 9. The third-order valence-corrected chi connectivity index (χ3v) is 12.0. The fourth-order valence-electron chi connectivity index (χ4n) is 9.33. The first-order chi connectivity index (χ1) is 29.7. The summed E-state index contributed by atoms with van der Waals surface area (Å²) in [5.41, 5.74) is -0.513. The Morgan fingerprint density at radius 2 is 0.902 bits per heavy atom. The van der Waals surface area contributed by atoms with E-state index in [4.69, 9.17) is 42.6 Å². The zero-order chi connectivity index (χ0) is 42.5. The largest absolute Gasteiger partial charge is 0.487 e. The number of hydrogen-bond acceptors (Lipinski definition) is 13. The Hall–Kier alpha value is -6.32. The standard InChI is InChI=1S/C24H22O7.C23H20O7/c1-27-22(25)17-18(23(26)28-2)24(21-20(30-21)19(17)31-24)16(13-14-9-5-3-6-10-14)29-15-11-7-4-8-12-15;1-27-22(26)17-16(21(24)25)18-19-20(29-19)23(17,30-18)15(12-13-8-4-2-5-9-13)28-14-10-6-3-7-11-14/h3-12,16,19-21H,13H2,1-2H3;2-11,15,18-20H,12H2,1H3,(H,24,25). The van der Waals surface area contributed by atoms with Crippen LogP contribution in [0.2, 0.25) is 0 Å². The van der Waals surface area contributed by atoms with Crippen molar-refractivity contribution in [3.8, 4) is 11.5 Å². The molecule has 0 saturated carbocycles. The highest BCUT2D eigenvalue weighted by atomic mass is 16.7. The quantitative estimate of drug-likeness (QED) is 0.108. The van der Waals surface area contributed by atoms with Crippen molar-refractivity contribution in [2.75, 3.05) is 21.3 Å². The number of methoxy groups -OCH3 is 3. The van der Waals surface area contributed by atoms with Crippen LogP contribution in [0, 0.1) is 0 Å². The zero-order valence-corrected chi connectivity index (χ0v) is 33.3. The molecule has 0 spiro atoms. The minimum atomic E-state index is -1.36. The van der Waals surface area contributed by atoms with Crippen molar-refractivity contribution in [3.05, 3.63) is 155 Å². The molecular weight excluding hydrogens is 789 g/mol. The lowest BCUT2D eigenvalue weighted by Gasteiger charge is -2.36. The van der Waals surface area contributed by atoms with Gasteiger partial charge in [-0.05, 0) is 35.4 Å². The van der Waals surface area contributed by atoms with Crippen LogP contribution in [0.4, 0.5) is 0 Å². The molecule has 0 aliphatic carbocycles. The Bertz CT molecular complexity index is 2300. The molecule has 0 aromatic heterocycles. The summed E-state index contributed by atoms with van der Waals surface area (Å²) in [4.78, 5) is 50.3. The van der Waals surface area contributed by atoms with Crippen LogP contribution < -0.4 is 9.47 Å². The fraction of sp³-hybridized carbons (Fsp3) is 0.319. The summed E-state index contributed by atoms with van der Waals surface area (Å²) in [7, 11) is 3.78. The van der Waals surface area contributed by atoms with E-state index in [1.54, 1.807) is 12.1 Å². The van der Waals surface area contributed by atoms with Crippen LogP contribution >= 0.6 is 0 Å². The van der Waals surface area contributed by atoms with E-state index in [1.807, 2.05) is 109 Å². The van der Waals surface area contributed by atoms with Crippen molar-refractivity contribution in [1.82, 2.24) is 0 Å². The molecule has 6 aliphatic rings. The van der Waals surface area contributed by atoms with Gasteiger partial charge in [-0.1, -0.05) is 97.1 Å². The Labute approximate surface area is 350 Å². The number of hydrogen-bond donors (Lipinski definition) is 1. The van der Waals surface area contributed by atoms with E-state index in [9.17, 15) is 24.3 Å². The van der Waals surface area contributed by atoms with E-state index < -0.39 is 77.8 Å². The molecule has 61 heavy (non-hydrogen) atoms. The van der Waals surface area contributed by atoms with Gasteiger partial charge >= 0.3 is 23.9 Å². The molecule has 14 nitrogen and oxygen atoms in total. The van der Waals surface area contributed by atoms with Gasteiger partial charge in [0.05, 0.1) is 43.6 Å². The fourth-order valence-corrected chi connectivity index (χ4v) is 9.33. The van der Waals surface area contributed by atoms with Crippen LogP contribution in [-0.4, -0.2) is 110 Å². The van der Waals surface area contributed by atoms with Crippen LogP contribution in [0.15, 0.2) is 144 Å². The number of aliphatic carboxylic acids is 1. The first-order valence-electron chi connectivity index (χ1n) is 19.8. The lowest BCUT2D eigenvalue weighted by atomic mass is 9.76. The number of carbonyl (C=O) groups excluding carboxylic acids is 3. The van der Waals surface area contributed by atoms with E-state index in [0.717, 1.165) is 11.1 Å². The second-order valence-electron chi connectivity index (χ2n) is 15.3.